The van der Waals surface area contributed by atoms with E-state index in [1.165, 1.54) is 0 Å². The number of rotatable bonds is 4. The van der Waals surface area contributed by atoms with Crippen molar-refractivity contribution in [3.05, 3.63) is 12.2 Å². The average molecular weight is 293 g/mol. The number of nitrogens with one attached hydrogen (secondary N) is 1. The molecule has 2 bridgehead atoms. The van der Waals surface area contributed by atoms with Gasteiger partial charge in [0.1, 0.15) is 0 Å². The maximum Gasteiger partial charge on any atom is 0.307 e. The number of hydrogen-bond acceptors (Lipinski definition) is 3. The van der Waals surface area contributed by atoms with Crippen molar-refractivity contribution in [1.82, 2.24) is 5.32 Å². The standard InChI is InChI=1S/C16H23NO4/c18-9-16(6-2-1-3-7-16)17-14(19)12-10-4-5-11(8-10)13(12)15(20)21/h4-5,10-13,18H,1-3,6-9H2,(H,17,19)(H,20,21). The molecule has 2 saturated carbocycles. The first-order valence-corrected chi connectivity index (χ1v) is 7.90. The molecule has 116 valence electrons. The first kappa shape index (κ1) is 14.6. The van der Waals surface area contributed by atoms with Gasteiger partial charge in [-0.1, -0.05) is 31.4 Å². The number of hydrogen-bond donors (Lipinski definition) is 3. The average Bonchev–Trinajstić information content (AvgIpc) is 3.08. The lowest BCUT2D eigenvalue weighted by atomic mass is 9.79. The molecule has 0 saturated heterocycles. The second kappa shape index (κ2) is 5.44. The van der Waals surface area contributed by atoms with Crippen molar-refractivity contribution < 1.29 is 19.8 Å². The Morgan fingerprint density at radius 1 is 1.10 bits per heavy atom. The molecule has 2 fully saturated rings. The van der Waals surface area contributed by atoms with E-state index in [2.05, 4.69) is 5.32 Å². The first-order valence-electron chi connectivity index (χ1n) is 7.90. The van der Waals surface area contributed by atoms with Crippen molar-refractivity contribution in [3.8, 4) is 0 Å². The van der Waals surface area contributed by atoms with Crippen LogP contribution in [0.2, 0.25) is 0 Å². The van der Waals surface area contributed by atoms with Gasteiger partial charge in [0.25, 0.3) is 0 Å². The predicted octanol–water partition coefficient (Wildman–Crippen LogP) is 1.32. The fraction of sp³-hybridized carbons (Fsp3) is 0.750. The van der Waals surface area contributed by atoms with E-state index in [1.54, 1.807) is 0 Å². The molecule has 21 heavy (non-hydrogen) atoms. The molecular weight excluding hydrogens is 270 g/mol. The first-order chi connectivity index (χ1) is 10.1. The quantitative estimate of drug-likeness (QED) is 0.682. The van der Waals surface area contributed by atoms with Crippen molar-refractivity contribution >= 4 is 11.9 Å². The minimum atomic E-state index is -0.881. The van der Waals surface area contributed by atoms with Crippen molar-refractivity contribution in [1.29, 1.82) is 0 Å². The highest BCUT2D eigenvalue weighted by Gasteiger charge is 2.52. The van der Waals surface area contributed by atoms with E-state index in [9.17, 15) is 19.8 Å². The molecule has 0 heterocycles. The van der Waals surface area contributed by atoms with Crippen molar-refractivity contribution in [2.75, 3.05) is 6.61 Å². The predicted molar refractivity (Wildman–Crippen MR) is 76.4 cm³/mol. The smallest absolute Gasteiger partial charge is 0.307 e. The zero-order chi connectivity index (χ0) is 15.0. The molecule has 4 atom stereocenters. The fourth-order valence-electron chi connectivity index (χ4n) is 4.41. The largest absolute Gasteiger partial charge is 0.481 e. The summed E-state index contributed by atoms with van der Waals surface area (Å²) in [6, 6.07) is 0. The third-order valence-electron chi connectivity index (χ3n) is 5.55. The van der Waals surface area contributed by atoms with Gasteiger partial charge in [0, 0.05) is 0 Å². The SMILES string of the molecule is O=C(O)C1C2C=CC(C2)C1C(=O)NC1(CO)CCCCC1. The molecule has 3 aliphatic rings. The van der Waals surface area contributed by atoms with Crippen LogP contribution in [-0.2, 0) is 9.59 Å². The molecule has 5 nitrogen and oxygen atoms in total. The Kier molecular flexibility index (Phi) is 3.78. The van der Waals surface area contributed by atoms with E-state index in [1.807, 2.05) is 12.2 Å². The molecule has 0 aromatic heterocycles. The van der Waals surface area contributed by atoms with Crippen molar-refractivity contribution in [2.45, 2.75) is 44.1 Å². The molecule has 0 aliphatic heterocycles. The van der Waals surface area contributed by atoms with Crippen LogP contribution in [-0.4, -0.2) is 34.2 Å². The summed E-state index contributed by atoms with van der Waals surface area (Å²) < 4.78 is 0. The molecule has 3 aliphatic carbocycles. The summed E-state index contributed by atoms with van der Waals surface area (Å²) in [6.45, 7) is -0.0624. The zero-order valence-corrected chi connectivity index (χ0v) is 12.1. The Bertz CT molecular complexity index is 467. The summed E-state index contributed by atoms with van der Waals surface area (Å²) in [7, 11) is 0. The van der Waals surface area contributed by atoms with E-state index >= 15 is 0 Å². The van der Waals surface area contributed by atoms with Crippen LogP contribution in [0.1, 0.15) is 38.5 Å². The molecule has 3 N–H and O–H groups in total. The van der Waals surface area contributed by atoms with Crippen LogP contribution >= 0.6 is 0 Å². The second-order valence-electron chi connectivity index (χ2n) is 6.83. The van der Waals surface area contributed by atoms with Gasteiger partial charge in [0.2, 0.25) is 5.91 Å². The number of amides is 1. The highest BCUT2D eigenvalue weighted by Crippen LogP contribution is 2.48. The number of carbonyl (C=O) groups is 2. The Labute approximate surface area is 124 Å². The lowest BCUT2D eigenvalue weighted by Crippen LogP contribution is -2.55. The number of aliphatic hydroxyl groups is 1. The van der Waals surface area contributed by atoms with Crippen LogP contribution in [0.3, 0.4) is 0 Å². The Hall–Kier alpha value is -1.36. The van der Waals surface area contributed by atoms with E-state index in [0.717, 1.165) is 38.5 Å². The number of aliphatic hydroxyl groups excluding tert-OH is 1. The van der Waals surface area contributed by atoms with E-state index in [4.69, 9.17) is 0 Å². The lowest BCUT2D eigenvalue weighted by molar-refractivity contribution is -0.148. The van der Waals surface area contributed by atoms with Gasteiger partial charge in [0.15, 0.2) is 0 Å². The molecule has 0 aromatic carbocycles. The Morgan fingerprint density at radius 3 is 2.29 bits per heavy atom. The Morgan fingerprint density at radius 2 is 1.71 bits per heavy atom. The molecule has 0 radical (unpaired) electrons. The van der Waals surface area contributed by atoms with Gasteiger partial charge in [0.05, 0.1) is 24.0 Å². The molecule has 0 aromatic rings. The van der Waals surface area contributed by atoms with Gasteiger partial charge < -0.3 is 15.5 Å². The summed E-state index contributed by atoms with van der Waals surface area (Å²) in [5.74, 6) is -2.14. The van der Waals surface area contributed by atoms with Crippen LogP contribution in [0.15, 0.2) is 12.2 Å². The minimum absolute atomic E-state index is 0.0142. The number of fused-ring (bicyclic) bond motifs is 2. The van der Waals surface area contributed by atoms with Crippen LogP contribution in [0.25, 0.3) is 0 Å². The highest BCUT2D eigenvalue weighted by molar-refractivity contribution is 5.87. The van der Waals surface area contributed by atoms with Crippen molar-refractivity contribution in [2.24, 2.45) is 23.7 Å². The van der Waals surface area contributed by atoms with Gasteiger partial charge in [-0.05, 0) is 31.1 Å². The third-order valence-corrected chi connectivity index (χ3v) is 5.55. The topological polar surface area (TPSA) is 86.6 Å². The van der Waals surface area contributed by atoms with Gasteiger partial charge in [-0.25, -0.2) is 0 Å². The summed E-state index contributed by atoms with van der Waals surface area (Å²) in [4.78, 5) is 24.1. The number of carboxylic acid groups (broad SMARTS) is 1. The normalized spacial score (nSPS) is 36.6. The molecule has 0 spiro atoms. The number of carbonyl (C=O) groups excluding carboxylic acids is 1. The third kappa shape index (κ3) is 2.48. The monoisotopic (exact) mass is 293 g/mol. The Balaban J connectivity index is 1.75. The van der Waals surface area contributed by atoms with E-state index in [-0.39, 0.29) is 24.3 Å². The van der Waals surface area contributed by atoms with E-state index in [0.29, 0.717) is 0 Å². The van der Waals surface area contributed by atoms with Crippen LogP contribution in [0.4, 0.5) is 0 Å². The molecule has 3 rings (SSSR count). The molecule has 5 heteroatoms. The van der Waals surface area contributed by atoms with Gasteiger partial charge >= 0.3 is 5.97 Å². The minimum Gasteiger partial charge on any atom is -0.481 e. The van der Waals surface area contributed by atoms with Gasteiger partial charge in [-0.2, -0.15) is 0 Å². The summed E-state index contributed by atoms with van der Waals surface area (Å²) in [6.07, 6.45) is 9.39. The molecule has 4 unspecified atom stereocenters. The zero-order valence-electron chi connectivity index (χ0n) is 12.1. The highest BCUT2D eigenvalue weighted by atomic mass is 16.4. The summed E-state index contributed by atoms with van der Waals surface area (Å²) in [5.41, 5.74) is -0.538. The van der Waals surface area contributed by atoms with Crippen LogP contribution in [0.5, 0.6) is 0 Å². The second-order valence-corrected chi connectivity index (χ2v) is 6.83. The molecule has 1 amide bonds. The maximum absolute atomic E-state index is 12.7. The fourth-order valence-corrected chi connectivity index (χ4v) is 4.41. The van der Waals surface area contributed by atoms with Gasteiger partial charge in [-0.3, -0.25) is 9.59 Å². The van der Waals surface area contributed by atoms with Crippen LogP contribution < -0.4 is 5.32 Å². The summed E-state index contributed by atoms with van der Waals surface area (Å²) in [5, 5.41) is 22.1. The van der Waals surface area contributed by atoms with Crippen molar-refractivity contribution in [3.63, 3.8) is 0 Å². The number of aliphatic carboxylic acids is 1. The molecular formula is C16H23NO4. The van der Waals surface area contributed by atoms with Crippen LogP contribution in [0, 0.1) is 23.7 Å². The van der Waals surface area contributed by atoms with Gasteiger partial charge in [-0.15, -0.1) is 0 Å². The lowest BCUT2D eigenvalue weighted by Gasteiger charge is -2.38. The maximum atomic E-state index is 12.7. The van der Waals surface area contributed by atoms with E-state index < -0.39 is 23.3 Å². The summed E-state index contributed by atoms with van der Waals surface area (Å²) >= 11 is 0. The number of carboxylic acids is 1. The number of allylic oxidation sites excluding steroid dienone is 2.